The second-order valence-corrected chi connectivity index (χ2v) is 5.35. The Morgan fingerprint density at radius 2 is 2.21 bits per heavy atom. The molecular formula is C16H22O3. The molecule has 2 rings (SSSR count). The smallest absolute Gasteiger partial charge is 0.339 e. The van der Waals surface area contributed by atoms with Crippen LogP contribution in [0.4, 0.5) is 0 Å². The first-order valence-corrected chi connectivity index (χ1v) is 7.08. The number of carbonyl (C=O) groups is 1. The highest BCUT2D eigenvalue weighted by molar-refractivity contribution is 5.91. The van der Waals surface area contributed by atoms with Gasteiger partial charge in [0.2, 0.25) is 0 Å². The third-order valence-corrected chi connectivity index (χ3v) is 4.20. The molecule has 1 aliphatic rings. The molecule has 1 fully saturated rings. The van der Waals surface area contributed by atoms with Crippen molar-refractivity contribution in [3.05, 3.63) is 29.3 Å². The molecular weight excluding hydrogens is 240 g/mol. The van der Waals surface area contributed by atoms with Gasteiger partial charge in [-0.2, -0.15) is 0 Å². The van der Waals surface area contributed by atoms with Crippen molar-refractivity contribution in [3.8, 4) is 5.75 Å². The molecule has 1 aromatic rings. The highest BCUT2D eigenvalue weighted by Crippen LogP contribution is 2.42. The van der Waals surface area contributed by atoms with Gasteiger partial charge >= 0.3 is 5.97 Å². The van der Waals surface area contributed by atoms with Gasteiger partial charge in [0.05, 0.1) is 7.11 Å². The zero-order valence-corrected chi connectivity index (χ0v) is 11.7. The third-order valence-electron chi connectivity index (χ3n) is 4.20. The van der Waals surface area contributed by atoms with Gasteiger partial charge in [-0.05, 0) is 48.8 Å². The van der Waals surface area contributed by atoms with Crippen LogP contribution in [-0.4, -0.2) is 18.2 Å². The van der Waals surface area contributed by atoms with Crippen LogP contribution in [-0.2, 0) is 0 Å². The summed E-state index contributed by atoms with van der Waals surface area (Å²) in [5, 5.41) is 9.12. The van der Waals surface area contributed by atoms with Crippen molar-refractivity contribution in [2.75, 3.05) is 7.11 Å². The Labute approximate surface area is 114 Å². The van der Waals surface area contributed by atoms with Crippen molar-refractivity contribution in [3.63, 3.8) is 0 Å². The SMILES string of the molecule is CCCC(c1ccc(C(=O)O)c(OC)c1)C1CCC1. The Balaban J connectivity index is 2.29. The number of rotatable bonds is 6. The summed E-state index contributed by atoms with van der Waals surface area (Å²) in [5.41, 5.74) is 1.48. The molecule has 0 aliphatic heterocycles. The van der Waals surface area contributed by atoms with E-state index in [9.17, 15) is 4.79 Å². The monoisotopic (exact) mass is 262 g/mol. The molecule has 1 N–H and O–H groups in total. The second-order valence-electron chi connectivity index (χ2n) is 5.35. The van der Waals surface area contributed by atoms with Crippen LogP contribution in [0.25, 0.3) is 0 Å². The molecule has 0 saturated heterocycles. The van der Waals surface area contributed by atoms with Crippen molar-refractivity contribution >= 4 is 5.97 Å². The fourth-order valence-electron chi connectivity index (χ4n) is 2.94. The van der Waals surface area contributed by atoms with Gasteiger partial charge in [-0.25, -0.2) is 4.79 Å². The molecule has 3 nitrogen and oxygen atoms in total. The molecule has 0 amide bonds. The number of carboxylic acids is 1. The van der Waals surface area contributed by atoms with Crippen molar-refractivity contribution in [2.24, 2.45) is 5.92 Å². The Kier molecular flexibility index (Phi) is 4.46. The summed E-state index contributed by atoms with van der Waals surface area (Å²) in [4.78, 5) is 11.1. The van der Waals surface area contributed by atoms with E-state index in [2.05, 4.69) is 6.92 Å². The third kappa shape index (κ3) is 2.91. The summed E-state index contributed by atoms with van der Waals surface area (Å²) in [7, 11) is 1.53. The van der Waals surface area contributed by atoms with Crippen LogP contribution in [0.2, 0.25) is 0 Å². The maximum atomic E-state index is 11.1. The first-order valence-electron chi connectivity index (χ1n) is 7.08. The van der Waals surface area contributed by atoms with E-state index in [4.69, 9.17) is 9.84 Å². The zero-order valence-electron chi connectivity index (χ0n) is 11.7. The first kappa shape index (κ1) is 13.9. The van der Waals surface area contributed by atoms with Gasteiger partial charge in [0, 0.05) is 0 Å². The predicted octanol–water partition coefficient (Wildman–Crippen LogP) is 4.08. The lowest BCUT2D eigenvalue weighted by Gasteiger charge is -2.34. The summed E-state index contributed by atoms with van der Waals surface area (Å²) < 4.78 is 5.23. The van der Waals surface area contributed by atoms with Crippen LogP contribution in [0.15, 0.2) is 18.2 Å². The van der Waals surface area contributed by atoms with Crippen LogP contribution in [0, 0.1) is 5.92 Å². The number of aromatic carboxylic acids is 1. The minimum Gasteiger partial charge on any atom is -0.496 e. The minimum atomic E-state index is -0.931. The van der Waals surface area contributed by atoms with Crippen molar-refractivity contribution in [1.29, 1.82) is 0 Å². The largest absolute Gasteiger partial charge is 0.496 e. The topological polar surface area (TPSA) is 46.5 Å². The molecule has 1 saturated carbocycles. The molecule has 0 aromatic heterocycles. The Morgan fingerprint density at radius 3 is 2.68 bits per heavy atom. The molecule has 0 radical (unpaired) electrons. The average Bonchev–Trinajstić information content (AvgIpc) is 2.35. The van der Waals surface area contributed by atoms with Gasteiger partial charge in [0.25, 0.3) is 0 Å². The van der Waals surface area contributed by atoms with Gasteiger partial charge in [0.1, 0.15) is 11.3 Å². The number of carboxylic acid groups (broad SMARTS) is 1. The van der Waals surface area contributed by atoms with Gasteiger partial charge in [-0.3, -0.25) is 0 Å². The lowest BCUT2D eigenvalue weighted by Crippen LogP contribution is -2.20. The maximum Gasteiger partial charge on any atom is 0.339 e. The summed E-state index contributed by atoms with van der Waals surface area (Å²) in [6.07, 6.45) is 6.25. The Morgan fingerprint density at radius 1 is 1.47 bits per heavy atom. The summed E-state index contributed by atoms with van der Waals surface area (Å²) in [5.74, 6) is 0.861. The van der Waals surface area contributed by atoms with E-state index in [0.29, 0.717) is 11.7 Å². The fraction of sp³-hybridized carbons (Fsp3) is 0.562. The summed E-state index contributed by atoms with van der Waals surface area (Å²) >= 11 is 0. The van der Waals surface area contributed by atoms with E-state index in [-0.39, 0.29) is 5.56 Å². The van der Waals surface area contributed by atoms with Crippen LogP contribution in [0.5, 0.6) is 5.75 Å². The molecule has 1 aliphatic carbocycles. The lowest BCUT2D eigenvalue weighted by molar-refractivity contribution is 0.0693. The fourth-order valence-corrected chi connectivity index (χ4v) is 2.94. The van der Waals surface area contributed by atoms with Crippen LogP contribution >= 0.6 is 0 Å². The molecule has 1 atom stereocenters. The molecule has 0 heterocycles. The molecule has 3 heteroatoms. The quantitative estimate of drug-likeness (QED) is 0.840. The molecule has 104 valence electrons. The zero-order chi connectivity index (χ0) is 13.8. The first-order chi connectivity index (χ1) is 9.17. The van der Waals surface area contributed by atoms with Crippen LogP contribution in [0.3, 0.4) is 0 Å². The predicted molar refractivity (Wildman–Crippen MR) is 74.9 cm³/mol. The second kappa shape index (κ2) is 6.09. The molecule has 1 unspecified atom stereocenters. The van der Waals surface area contributed by atoms with E-state index in [1.54, 1.807) is 6.07 Å². The van der Waals surface area contributed by atoms with E-state index in [0.717, 1.165) is 12.3 Å². The molecule has 1 aromatic carbocycles. The van der Waals surface area contributed by atoms with Crippen LogP contribution < -0.4 is 4.74 Å². The summed E-state index contributed by atoms with van der Waals surface area (Å²) in [6, 6.07) is 5.56. The highest BCUT2D eigenvalue weighted by Gasteiger charge is 2.28. The minimum absolute atomic E-state index is 0.245. The summed E-state index contributed by atoms with van der Waals surface area (Å²) in [6.45, 7) is 2.20. The number of hydrogen-bond acceptors (Lipinski definition) is 2. The van der Waals surface area contributed by atoms with Crippen LogP contribution in [0.1, 0.15) is 60.9 Å². The van der Waals surface area contributed by atoms with Gasteiger partial charge in [0.15, 0.2) is 0 Å². The number of ether oxygens (including phenoxy) is 1. The Hall–Kier alpha value is -1.51. The van der Waals surface area contributed by atoms with E-state index in [1.807, 2.05) is 12.1 Å². The van der Waals surface area contributed by atoms with Gasteiger partial charge < -0.3 is 9.84 Å². The highest BCUT2D eigenvalue weighted by atomic mass is 16.5. The number of benzene rings is 1. The number of methoxy groups -OCH3 is 1. The van der Waals surface area contributed by atoms with Crippen molar-refractivity contribution in [1.82, 2.24) is 0 Å². The normalized spacial score (nSPS) is 16.7. The standard InChI is InChI=1S/C16H22O3/c1-3-5-13(11-6-4-7-11)12-8-9-14(16(17)18)15(10-12)19-2/h8-11,13H,3-7H2,1-2H3,(H,17,18). The van der Waals surface area contributed by atoms with E-state index < -0.39 is 5.97 Å². The van der Waals surface area contributed by atoms with Crippen molar-refractivity contribution < 1.29 is 14.6 Å². The Bertz CT molecular complexity index is 449. The lowest BCUT2D eigenvalue weighted by atomic mass is 9.71. The van der Waals surface area contributed by atoms with Gasteiger partial charge in [-0.15, -0.1) is 0 Å². The molecule has 0 bridgehead atoms. The molecule has 0 spiro atoms. The van der Waals surface area contributed by atoms with E-state index in [1.165, 1.54) is 38.4 Å². The maximum absolute atomic E-state index is 11.1. The number of hydrogen-bond donors (Lipinski definition) is 1. The van der Waals surface area contributed by atoms with Crippen molar-refractivity contribution in [2.45, 2.75) is 44.9 Å². The average molecular weight is 262 g/mol. The van der Waals surface area contributed by atoms with E-state index >= 15 is 0 Å². The van der Waals surface area contributed by atoms with Gasteiger partial charge in [-0.1, -0.05) is 25.8 Å². The molecule has 19 heavy (non-hydrogen) atoms.